The third-order valence-electron chi connectivity index (χ3n) is 8.09. The summed E-state index contributed by atoms with van der Waals surface area (Å²) in [5, 5.41) is 1.11. The highest BCUT2D eigenvalue weighted by Gasteiger charge is 2.44. The van der Waals surface area contributed by atoms with Gasteiger partial charge in [-0.15, -0.1) is 0 Å². The van der Waals surface area contributed by atoms with Crippen molar-refractivity contribution >= 4 is 22.3 Å². The van der Waals surface area contributed by atoms with Crippen LogP contribution in [0.15, 0.2) is 41.5 Å². The highest BCUT2D eigenvalue weighted by Crippen LogP contribution is 2.54. The summed E-state index contributed by atoms with van der Waals surface area (Å²) in [4.78, 5) is 0. The molecule has 8 heteroatoms. The molecule has 194 valence electrons. The minimum Gasteiger partial charge on any atom is -0.381 e. The third kappa shape index (κ3) is 6.36. The Labute approximate surface area is 212 Å². The molecule has 1 spiro atoms. The average Bonchev–Trinajstić information content (AvgIpc) is 2.91. The van der Waals surface area contributed by atoms with Gasteiger partial charge in [-0.3, -0.25) is 0 Å². The van der Waals surface area contributed by atoms with Gasteiger partial charge in [-0.2, -0.15) is 0 Å². The number of hydrogen-bond donors (Lipinski definition) is 0. The molecule has 2 unspecified atom stereocenters. The first-order valence-electron chi connectivity index (χ1n) is 13.1. The molecule has 2 heterocycles. The van der Waals surface area contributed by atoms with Crippen LogP contribution in [-0.2, 0) is 27.4 Å². The maximum Gasteiger partial charge on any atom is 0.332 e. The zero-order chi connectivity index (χ0) is 24.3. The largest absolute Gasteiger partial charge is 0.381 e. The summed E-state index contributed by atoms with van der Waals surface area (Å²) in [7, 11) is -0.446. The van der Waals surface area contributed by atoms with Gasteiger partial charge in [0, 0.05) is 12.4 Å². The van der Waals surface area contributed by atoms with Crippen LogP contribution in [0.4, 0.5) is 0 Å². The lowest BCUT2D eigenvalue weighted by molar-refractivity contribution is -0.0699. The molecule has 1 aromatic carbocycles. The van der Waals surface area contributed by atoms with Gasteiger partial charge in [0.15, 0.2) is 0 Å². The van der Waals surface area contributed by atoms with E-state index in [2.05, 4.69) is 26.0 Å². The normalized spacial score (nSPS) is 38.4. The molecule has 2 aliphatic carbocycles. The number of rotatable bonds is 5. The Morgan fingerprint density at radius 1 is 0.829 bits per heavy atom. The zero-order valence-corrected chi connectivity index (χ0v) is 23.1. The van der Waals surface area contributed by atoms with Gasteiger partial charge in [0.1, 0.15) is 0 Å². The van der Waals surface area contributed by atoms with Crippen molar-refractivity contribution in [2.75, 3.05) is 33.5 Å². The van der Waals surface area contributed by atoms with Crippen LogP contribution in [0.3, 0.4) is 0 Å². The molecule has 2 saturated heterocycles. The number of benzene rings is 1. The monoisotopic (exact) mass is 522 g/mol. The van der Waals surface area contributed by atoms with Crippen molar-refractivity contribution in [2.24, 2.45) is 17.3 Å². The van der Waals surface area contributed by atoms with E-state index in [9.17, 15) is 0 Å². The van der Waals surface area contributed by atoms with Crippen LogP contribution in [-0.4, -0.2) is 45.7 Å². The van der Waals surface area contributed by atoms with E-state index in [1.54, 1.807) is 5.57 Å². The van der Waals surface area contributed by atoms with E-state index in [1.807, 2.05) is 25.3 Å². The van der Waals surface area contributed by atoms with E-state index in [0.717, 1.165) is 30.5 Å². The summed E-state index contributed by atoms with van der Waals surface area (Å²) in [6, 6.07) is 10.2. The quantitative estimate of drug-likeness (QED) is 0.319. The molecule has 2 aliphatic heterocycles. The molecule has 2 saturated carbocycles. The molecule has 0 aromatic heterocycles. The molecule has 0 radical (unpaired) electrons. The third-order valence-corrected chi connectivity index (χ3v) is 10.7. The van der Waals surface area contributed by atoms with Crippen molar-refractivity contribution < 1.29 is 27.4 Å². The Morgan fingerprint density at radius 3 is 2.09 bits per heavy atom. The number of ether oxygens (including phenoxy) is 1. The van der Waals surface area contributed by atoms with E-state index in [4.69, 9.17) is 27.4 Å². The SMILES string of the molecule is COC1CCC(C2CCC(OP3OCC4(CO3)COP(c3ccccc3)OC4)CC2)C(=C(C)C)C1. The Kier molecular flexibility index (Phi) is 8.96. The van der Waals surface area contributed by atoms with Crippen LogP contribution in [0.25, 0.3) is 0 Å². The van der Waals surface area contributed by atoms with Crippen LogP contribution < -0.4 is 5.30 Å². The second kappa shape index (κ2) is 12.0. The fourth-order valence-corrected chi connectivity index (χ4v) is 8.89. The lowest BCUT2D eigenvalue weighted by Gasteiger charge is -2.43. The molecular formula is C27H40O6P2. The summed E-state index contributed by atoms with van der Waals surface area (Å²) in [6.07, 6.45) is 8.81. The maximum atomic E-state index is 6.31. The molecule has 0 bridgehead atoms. The molecular weight excluding hydrogens is 482 g/mol. The molecule has 4 fully saturated rings. The van der Waals surface area contributed by atoms with Crippen molar-refractivity contribution in [2.45, 2.75) is 71.0 Å². The molecule has 0 N–H and O–H groups in total. The van der Waals surface area contributed by atoms with Gasteiger partial charge in [0.2, 0.25) is 8.38 Å². The van der Waals surface area contributed by atoms with Gasteiger partial charge in [-0.25, -0.2) is 0 Å². The molecule has 1 aromatic rings. The van der Waals surface area contributed by atoms with Crippen molar-refractivity contribution in [3.8, 4) is 0 Å². The summed E-state index contributed by atoms with van der Waals surface area (Å²) in [5.41, 5.74) is 2.91. The van der Waals surface area contributed by atoms with E-state index < -0.39 is 17.0 Å². The van der Waals surface area contributed by atoms with Gasteiger partial charge in [0.05, 0.1) is 44.1 Å². The van der Waals surface area contributed by atoms with Crippen LogP contribution in [0, 0.1) is 17.3 Å². The second-order valence-electron chi connectivity index (χ2n) is 10.8. The zero-order valence-electron chi connectivity index (χ0n) is 21.3. The van der Waals surface area contributed by atoms with Crippen LogP contribution in [0.5, 0.6) is 0 Å². The standard InChI is InChI=1S/C27H40O6P2/c1-20(2)26-15-23(28-3)13-14-25(26)21-9-11-22(12-10-21)33-35-31-18-27(19-32-35)16-29-34(30-17-27)24-7-5-4-6-8-24/h4-8,21-23,25H,9-19H2,1-3H3. The predicted molar refractivity (Wildman–Crippen MR) is 139 cm³/mol. The van der Waals surface area contributed by atoms with E-state index in [-0.39, 0.29) is 11.5 Å². The van der Waals surface area contributed by atoms with E-state index in [0.29, 0.717) is 38.4 Å². The smallest absolute Gasteiger partial charge is 0.332 e. The number of hydrogen-bond acceptors (Lipinski definition) is 6. The summed E-state index contributed by atoms with van der Waals surface area (Å²) in [5.74, 6) is 1.48. The van der Waals surface area contributed by atoms with E-state index >= 15 is 0 Å². The Balaban J connectivity index is 1.05. The lowest BCUT2D eigenvalue weighted by Crippen LogP contribution is -2.45. The van der Waals surface area contributed by atoms with Crippen molar-refractivity contribution in [3.63, 3.8) is 0 Å². The Morgan fingerprint density at radius 2 is 1.46 bits per heavy atom. The van der Waals surface area contributed by atoms with Gasteiger partial charge >= 0.3 is 8.60 Å². The molecule has 0 amide bonds. The van der Waals surface area contributed by atoms with Crippen LogP contribution in [0.1, 0.15) is 58.8 Å². The van der Waals surface area contributed by atoms with Gasteiger partial charge in [0.25, 0.3) is 0 Å². The summed E-state index contributed by atoms with van der Waals surface area (Å²) in [6.45, 7) is 6.87. The van der Waals surface area contributed by atoms with Crippen molar-refractivity contribution in [1.29, 1.82) is 0 Å². The van der Waals surface area contributed by atoms with Crippen LogP contribution in [0.2, 0.25) is 0 Å². The fraction of sp³-hybridized carbons (Fsp3) is 0.704. The van der Waals surface area contributed by atoms with Crippen molar-refractivity contribution in [3.05, 3.63) is 41.5 Å². The highest BCUT2D eigenvalue weighted by atomic mass is 31.2. The molecule has 4 aliphatic rings. The molecule has 6 nitrogen and oxygen atoms in total. The topological polar surface area (TPSA) is 55.4 Å². The van der Waals surface area contributed by atoms with E-state index in [1.165, 1.54) is 31.3 Å². The number of methoxy groups -OCH3 is 1. The Hall–Kier alpha value is -0.420. The molecule has 2 atom stereocenters. The minimum absolute atomic E-state index is 0.227. The first-order valence-corrected chi connectivity index (χ1v) is 15.4. The summed E-state index contributed by atoms with van der Waals surface area (Å²) < 4.78 is 36.3. The molecule has 35 heavy (non-hydrogen) atoms. The Bertz CT molecular complexity index is 834. The van der Waals surface area contributed by atoms with Crippen LogP contribution >= 0.6 is 17.0 Å². The first kappa shape index (κ1) is 26.2. The first-order chi connectivity index (χ1) is 17.0. The second-order valence-corrected chi connectivity index (χ2v) is 13.5. The molecule has 5 rings (SSSR count). The summed E-state index contributed by atoms with van der Waals surface area (Å²) >= 11 is 0. The minimum atomic E-state index is -1.29. The average molecular weight is 523 g/mol. The maximum absolute atomic E-state index is 6.31. The van der Waals surface area contributed by atoms with Gasteiger partial charge in [-0.1, -0.05) is 29.3 Å². The number of allylic oxidation sites excluding steroid dienone is 1. The lowest BCUT2D eigenvalue weighted by atomic mass is 9.69. The fourth-order valence-electron chi connectivity index (χ4n) is 5.91. The highest BCUT2D eigenvalue weighted by molar-refractivity contribution is 7.56. The van der Waals surface area contributed by atoms with Gasteiger partial charge in [-0.05, 0) is 82.8 Å². The van der Waals surface area contributed by atoms with Gasteiger partial charge < -0.3 is 27.4 Å². The van der Waals surface area contributed by atoms with Crippen molar-refractivity contribution in [1.82, 2.24) is 0 Å². The predicted octanol–water partition coefficient (Wildman–Crippen LogP) is 6.66.